The van der Waals surface area contributed by atoms with Crippen molar-refractivity contribution >= 4 is 33.8 Å². The molecule has 0 aliphatic rings. The van der Waals surface area contributed by atoms with Crippen LogP contribution in [0.3, 0.4) is 0 Å². The first-order valence-corrected chi connectivity index (χ1v) is 11.8. The molecule has 1 unspecified atom stereocenters. The van der Waals surface area contributed by atoms with Crippen molar-refractivity contribution in [2.75, 3.05) is 7.11 Å². The molecule has 0 aliphatic heterocycles. The van der Waals surface area contributed by atoms with E-state index in [4.69, 9.17) is 18.6 Å². The molecule has 1 N–H and O–H groups in total. The number of esters is 1. The predicted molar refractivity (Wildman–Crippen MR) is 140 cm³/mol. The molecule has 0 spiro atoms. The van der Waals surface area contributed by atoms with E-state index in [1.54, 1.807) is 58.0 Å². The van der Waals surface area contributed by atoms with Gasteiger partial charge >= 0.3 is 17.7 Å². The van der Waals surface area contributed by atoms with Crippen molar-refractivity contribution in [3.8, 4) is 11.5 Å². The highest BCUT2D eigenvalue weighted by Crippen LogP contribution is 2.32. The summed E-state index contributed by atoms with van der Waals surface area (Å²) in [5, 5.41) is 4.40. The van der Waals surface area contributed by atoms with Crippen molar-refractivity contribution in [3.05, 3.63) is 82.2 Å². The maximum absolute atomic E-state index is 13.3. The van der Waals surface area contributed by atoms with E-state index >= 15 is 0 Å². The van der Waals surface area contributed by atoms with E-state index in [2.05, 4.69) is 5.32 Å². The number of amides is 1. The Kier molecular flexibility index (Phi) is 7.20. The highest BCUT2D eigenvalue weighted by Gasteiger charge is 2.27. The Balaban J connectivity index is 1.66. The fraction of sp³-hybridized carbons (Fsp3) is 0.276. The van der Waals surface area contributed by atoms with Gasteiger partial charge in [0.15, 0.2) is 0 Å². The minimum Gasteiger partial charge on any atom is -0.497 e. The maximum atomic E-state index is 13.3. The standard InChI is InChI=1S/C29H29NO7/c1-17-24(14-13-21-20-12-11-19(34-5)16-22(20)26(31)36-25(17)21)35-27(32)23(15-18-9-7-6-8-10-18)30-28(33)37-29(2,3)4/h6-14,16,23H,15H2,1-5H3,(H,30,33). The minimum absolute atomic E-state index is 0.201. The molecule has 3 aromatic carbocycles. The van der Waals surface area contributed by atoms with Crippen LogP contribution in [0.25, 0.3) is 21.7 Å². The molecule has 1 heterocycles. The van der Waals surface area contributed by atoms with Gasteiger partial charge in [0.05, 0.1) is 12.5 Å². The Morgan fingerprint density at radius 3 is 2.35 bits per heavy atom. The number of ether oxygens (including phenoxy) is 3. The largest absolute Gasteiger partial charge is 0.497 e. The molecule has 0 saturated carbocycles. The summed E-state index contributed by atoms with van der Waals surface area (Å²) in [6.45, 7) is 6.92. The van der Waals surface area contributed by atoms with Gasteiger partial charge < -0.3 is 23.9 Å². The zero-order chi connectivity index (χ0) is 26.7. The van der Waals surface area contributed by atoms with Crippen molar-refractivity contribution in [1.29, 1.82) is 0 Å². The van der Waals surface area contributed by atoms with Gasteiger partial charge in [0.1, 0.15) is 28.7 Å². The van der Waals surface area contributed by atoms with Crippen LogP contribution in [-0.4, -0.2) is 30.8 Å². The molecule has 0 aliphatic carbocycles. The van der Waals surface area contributed by atoms with Gasteiger partial charge in [-0.25, -0.2) is 14.4 Å². The fourth-order valence-electron chi connectivity index (χ4n) is 4.00. The van der Waals surface area contributed by atoms with Gasteiger partial charge in [0.25, 0.3) is 0 Å². The lowest BCUT2D eigenvalue weighted by atomic mass is 10.0. The summed E-state index contributed by atoms with van der Waals surface area (Å²) in [7, 11) is 1.53. The van der Waals surface area contributed by atoms with Crippen molar-refractivity contribution < 1.29 is 28.2 Å². The summed E-state index contributed by atoms with van der Waals surface area (Å²) in [5.41, 5.74) is 0.374. The normalized spacial score (nSPS) is 12.2. The van der Waals surface area contributed by atoms with Crippen molar-refractivity contribution in [2.24, 2.45) is 0 Å². The molecule has 0 saturated heterocycles. The van der Waals surface area contributed by atoms with E-state index in [0.717, 1.165) is 5.56 Å². The number of fused-ring (bicyclic) bond motifs is 3. The van der Waals surface area contributed by atoms with Crippen molar-refractivity contribution in [2.45, 2.75) is 45.8 Å². The van der Waals surface area contributed by atoms with Crippen LogP contribution in [0.4, 0.5) is 4.79 Å². The van der Waals surface area contributed by atoms with Crippen LogP contribution in [0.1, 0.15) is 31.9 Å². The number of hydrogen-bond donors (Lipinski definition) is 1. The van der Waals surface area contributed by atoms with Crippen molar-refractivity contribution in [1.82, 2.24) is 5.32 Å². The number of carbonyl (C=O) groups is 2. The number of aryl methyl sites for hydroxylation is 1. The van der Waals surface area contributed by atoms with E-state index in [-0.39, 0.29) is 12.2 Å². The number of hydrogen-bond acceptors (Lipinski definition) is 7. The number of nitrogens with one attached hydrogen (secondary N) is 1. The Hall–Kier alpha value is -4.33. The molecule has 4 aromatic rings. The second-order valence-electron chi connectivity index (χ2n) is 9.68. The summed E-state index contributed by atoms with van der Waals surface area (Å²) in [5.74, 6) is 0.0889. The maximum Gasteiger partial charge on any atom is 0.408 e. The van der Waals surface area contributed by atoms with Crippen LogP contribution in [0, 0.1) is 6.92 Å². The van der Waals surface area contributed by atoms with Gasteiger partial charge in [0.2, 0.25) is 0 Å². The van der Waals surface area contributed by atoms with Gasteiger partial charge in [-0.1, -0.05) is 30.3 Å². The summed E-state index contributed by atoms with van der Waals surface area (Å²) in [6, 6.07) is 16.8. The lowest BCUT2D eigenvalue weighted by Gasteiger charge is -2.23. The lowest BCUT2D eigenvalue weighted by molar-refractivity contribution is -0.136. The SMILES string of the molecule is COc1ccc2c(c1)c(=O)oc1c(C)c(OC(=O)C(Cc3ccccc3)NC(=O)OC(C)(C)C)ccc12. The Bertz CT molecular complexity index is 1520. The summed E-state index contributed by atoms with van der Waals surface area (Å²) < 4.78 is 21.9. The number of benzene rings is 3. The third kappa shape index (κ3) is 5.91. The summed E-state index contributed by atoms with van der Waals surface area (Å²) >= 11 is 0. The zero-order valence-corrected chi connectivity index (χ0v) is 21.4. The van der Waals surface area contributed by atoms with E-state index in [9.17, 15) is 14.4 Å². The molecule has 1 atom stereocenters. The molecule has 0 radical (unpaired) electrons. The second kappa shape index (κ2) is 10.3. The van der Waals surface area contributed by atoms with Gasteiger partial charge in [-0.05, 0) is 63.6 Å². The molecular weight excluding hydrogens is 474 g/mol. The van der Waals surface area contributed by atoms with E-state index in [0.29, 0.717) is 33.1 Å². The van der Waals surface area contributed by atoms with Crippen LogP contribution >= 0.6 is 0 Å². The Morgan fingerprint density at radius 1 is 0.973 bits per heavy atom. The highest BCUT2D eigenvalue weighted by atomic mass is 16.6. The molecule has 0 bridgehead atoms. The smallest absolute Gasteiger partial charge is 0.408 e. The molecule has 192 valence electrons. The second-order valence-corrected chi connectivity index (χ2v) is 9.68. The van der Waals surface area contributed by atoms with E-state index in [1.807, 2.05) is 30.3 Å². The first-order chi connectivity index (χ1) is 17.6. The third-order valence-corrected chi connectivity index (χ3v) is 5.76. The average Bonchev–Trinajstić information content (AvgIpc) is 2.85. The Morgan fingerprint density at radius 2 is 1.68 bits per heavy atom. The van der Waals surface area contributed by atoms with Gasteiger partial charge in [-0.3, -0.25) is 0 Å². The average molecular weight is 504 g/mol. The molecule has 8 heteroatoms. The third-order valence-electron chi connectivity index (χ3n) is 5.76. The van der Waals surface area contributed by atoms with Gasteiger partial charge in [0, 0.05) is 22.8 Å². The van der Waals surface area contributed by atoms with E-state index < -0.39 is 29.3 Å². The number of alkyl carbamates (subject to hydrolysis) is 1. The van der Waals surface area contributed by atoms with E-state index in [1.165, 1.54) is 7.11 Å². The van der Waals surface area contributed by atoms with Gasteiger partial charge in [-0.15, -0.1) is 0 Å². The predicted octanol–water partition coefficient (Wildman–Crippen LogP) is 5.30. The highest BCUT2D eigenvalue weighted by molar-refractivity contribution is 6.06. The molecular formula is C29H29NO7. The first kappa shape index (κ1) is 25.8. The van der Waals surface area contributed by atoms with Gasteiger partial charge in [-0.2, -0.15) is 0 Å². The number of carbonyl (C=O) groups excluding carboxylic acids is 2. The molecule has 4 rings (SSSR count). The van der Waals surface area contributed by atoms with Crippen LogP contribution in [0.5, 0.6) is 11.5 Å². The van der Waals surface area contributed by atoms with Crippen LogP contribution < -0.4 is 20.4 Å². The minimum atomic E-state index is -1.01. The summed E-state index contributed by atoms with van der Waals surface area (Å²) in [4.78, 5) is 38.4. The Labute approximate surface area is 214 Å². The summed E-state index contributed by atoms with van der Waals surface area (Å²) in [6.07, 6.45) is -0.527. The lowest BCUT2D eigenvalue weighted by Crippen LogP contribution is -2.46. The number of methoxy groups -OCH3 is 1. The van der Waals surface area contributed by atoms with Crippen LogP contribution in [-0.2, 0) is 16.0 Å². The van der Waals surface area contributed by atoms with Crippen molar-refractivity contribution in [3.63, 3.8) is 0 Å². The monoisotopic (exact) mass is 503 g/mol. The molecule has 1 aromatic heterocycles. The molecule has 37 heavy (non-hydrogen) atoms. The first-order valence-electron chi connectivity index (χ1n) is 11.8. The van der Waals surface area contributed by atoms with Crippen LogP contribution in [0.15, 0.2) is 69.9 Å². The number of rotatable bonds is 6. The molecule has 0 fully saturated rings. The zero-order valence-electron chi connectivity index (χ0n) is 21.4. The van der Waals surface area contributed by atoms with Crippen LogP contribution in [0.2, 0.25) is 0 Å². The molecule has 8 nitrogen and oxygen atoms in total. The topological polar surface area (TPSA) is 104 Å². The quantitative estimate of drug-likeness (QED) is 0.165. The molecule has 1 amide bonds. The fourth-order valence-corrected chi connectivity index (χ4v) is 4.00.